The Morgan fingerprint density at radius 2 is 2.25 bits per heavy atom. The van der Waals surface area contributed by atoms with Crippen molar-refractivity contribution in [3.8, 4) is 0 Å². The van der Waals surface area contributed by atoms with Crippen LogP contribution in [0.5, 0.6) is 0 Å². The van der Waals surface area contributed by atoms with Crippen molar-refractivity contribution in [2.24, 2.45) is 9.98 Å². The molecule has 1 heterocycles. The van der Waals surface area contributed by atoms with E-state index in [0.29, 0.717) is 13.1 Å². The number of hydrogen-bond acceptors (Lipinski definition) is 3. The number of aliphatic hydroxyl groups is 1. The van der Waals surface area contributed by atoms with Gasteiger partial charge in [-0.25, -0.2) is 4.39 Å². The minimum Gasteiger partial charge on any atom is -0.393 e. The van der Waals surface area contributed by atoms with E-state index >= 15 is 0 Å². The first-order chi connectivity index (χ1) is 11.6. The third kappa shape index (κ3) is 9.36. The summed E-state index contributed by atoms with van der Waals surface area (Å²) < 4.78 is 13.2. The first-order valence-electron chi connectivity index (χ1n) is 8.67. The van der Waals surface area contributed by atoms with Crippen LogP contribution in [-0.4, -0.2) is 29.8 Å². The molecule has 0 aromatic rings. The maximum Gasteiger partial charge on any atom is 0.129 e. The molecule has 0 radical (unpaired) electrons. The predicted octanol–water partition coefficient (Wildman–Crippen LogP) is 5.10. The van der Waals surface area contributed by atoms with Gasteiger partial charge in [-0.05, 0) is 57.3 Å². The number of hydrogen-bond donors (Lipinski definition) is 1. The van der Waals surface area contributed by atoms with Gasteiger partial charge >= 0.3 is 0 Å². The highest BCUT2D eigenvalue weighted by Gasteiger charge is 2.07. The largest absolute Gasteiger partial charge is 0.393 e. The highest BCUT2D eigenvalue weighted by Crippen LogP contribution is 2.16. The van der Waals surface area contributed by atoms with E-state index in [4.69, 9.17) is 0 Å². The summed E-state index contributed by atoms with van der Waals surface area (Å²) in [7, 11) is 0. The Hall–Kier alpha value is -1.81. The van der Waals surface area contributed by atoms with Gasteiger partial charge in [-0.2, -0.15) is 0 Å². The Kier molecular flexibility index (Phi) is 10.6. The molecule has 0 aromatic carbocycles. The molecular formula is C20H29FN2O. The van der Waals surface area contributed by atoms with E-state index in [1.807, 2.05) is 19.1 Å². The van der Waals surface area contributed by atoms with Crippen molar-refractivity contribution in [2.75, 3.05) is 6.67 Å². The number of aliphatic imine (C=N–C) groups is 2. The van der Waals surface area contributed by atoms with Crippen molar-refractivity contribution in [2.45, 2.75) is 58.5 Å². The van der Waals surface area contributed by atoms with Crippen molar-refractivity contribution in [1.29, 1.82) is 0 Å². The molecule has 24 heavy (non-hydrogen) atoms. The summed E-state index contributed by atoms with van der Waals surface area (Å²) in [6, 6.07) is 0. The molecule has 0 bridgehead atoms. The molecule has 1 N–H and O–H groups in total. The van der Waals surface area contributed by atoms with Gasteiger partial charge in [-0.1, -0.05) is 30.7 Å². The lowest BCUT2D eigenvalue weighted by atomic mass is 9.98. The van der Waals surface area contributed by atoms with Gasteiger partial charge in [0.15, 0.2) is 0 Å². The molecule has 0 aromatic heterocycles. The lowest BCUT2D eigenvalue weighted by Crippen LogP contribution is -2.05. The SMILES string of the molecule is C/C=C(F)\C=C/CC1=NCN=C/C=C\CC=C1CCCCC(C)O. The minimum atomic E-state index is -0.250. The fourth-order valence-electron chi connectivity index (χ4n) is 2.38. The summed E-state index contributed by atoms with van der Waals surface area (Å²) in [6.07, 6.45) is 17.6. The van der Waals surface area contributed by atoms with Gasteiger partial charge in [0.05, 0.1) is 6.10 Å². The summed E-state index contributed by atoms with van der Waals surface area (Å²) in [5.41, 5.74) is 2.17. The quantitative estimate of drug-likeness (QED) is 0.487. The molecule has 0 saturated heterocycles. The summed E-state index contributed by atoms with van der Waals surface area (Å²) in [4.78, 5) is 8.80. The average Bonchev–Trinajstić information content (AvgIpc) is 2.57. The van der Waals surface area contributed by atoms with E-state index in [1.165, 1.54) is 17.7 Å². The molecule has 3 nitrogen and oxygen atoms in total. The molecule has 1 aliphatic heterocycles. The molecular weight excluding hydrogens is 303 g/mol. The highest BCUT2D eigenvalue weighted by molar-refractivity contribution is 6.01. The third-order valence-corrected chi connectivity index (χ3v) is 3.72. The van der Waals surface area contributed by atoms with Gasteiger partial charge < -0.3 is 5.11 Å². The summed E-state index contributed by atoms with van der Waals surface area (Å²) in [5.74, 6) is -0.237. The predicted molar refractivity (Wildman–Crippen MR) is 101 cm³/mol. The molecule has 0 saturated carbocycles. The molecule has 1 rings (SSSR count). The van der Waals surface area contributed by atoms with Gasteiger partial charge in [0.2, 0.25) is 0 Å². The molecule has 0 spiro atoms. The van der Waals surface area contributed by atoms with Crippen LogP contribution < -0.4 is 0 Å². The summed E-state index contributed by atoms with van der Waals surface area (Å²) >= 11 is 0. The Balaban J connectivity index is 2.77. The fourth-order valence-corrected chi connectivity index (χ4v) is 2.38. The molecule has 1 atom stereocenters. The Morgan fingerprint density at radius 3 is 3.00 bits per heavy atom. The molecule has 0 fully saturated rings. The minimum absolute atomic E-state index is 0.237. The van der Waals surface area contributed by atoms with Crippen molar-refractivity contribution in [3.63, 3.8) is 0 Å². The zero-order valence-corrected chi connectivity index (χ0v) is 14.8. The van der Waals surface area contributed by atoms with E-state index in [9.17, 15) is 9.50 Å². The van der Waals surface area contributed by atoms with Crippen LogP contribution in [0.3, 0.4) is 0 Å². The van der Waals surface area contributed by atoms with Crippen LogP contribution in [0, 0.1) is 0 Å². The lowest BCUT2D eigenvalue weighted by Gasteiger charge is -2.11. The van der Waals surface area contributed by atoms with Crippen LogP contribution in [0.4, 0.5) is 4.39 Å². The van der Waals surface area contributed by atoms with Gasteiger partial charge in [-0.15, -0.1) is 0 Å². The molecule has 1 aliphatic rings. The molecule has 1 unspecified atom stereocenters. The topological polar surface area (TPSA) is 45.0 Å². The van der Waals surface area contributed by atoms with E-state index < -0.39 is 0 Å². The van der Waals surface area contributed by atoms with E-state index in [1.54, 1.807) is 13.1 Å². The monoisotopic (exact) mass is 332 g/mol. The van der Waals surface area contributed by atoms with Gasteiger partial charge in [0, 0.05) is 18.3 Å². The van der Waals surface area contributed by atoms with Crippen LogP contribution in [0.25, 0.3) is 0 Å². The van der Waals surface area contributed by atoms with Crippen LogP contribution >= 0.6 is 0 Å². The molecule has 0 aliphatic carbocycles. The summed E-state index contributed by atoms with van der Waals surface area (Å²) in [6.45, 7) is 3.89. The van der Waals surface area contributed by atoms with Crippen LogP contribution in [0.1, 0.15) is 52.4 Å². The number of nitrogens with zero attached hydrogens (tertiary/aromatic N) is 2. The number of allylic oxidation sites excluding steroid dienone is 8. The van der Waals surface area contributed by atoms with Gasteiger partial charge in [0.1, 0.15) is 12.5 Å². The van der Waals surface area contributed by atoms with Crippen LogP contribution in [-0.2, 0) is 0 Å². The maximum atomic E-state index is 13.2. The van der Waals surface area contributed by atoms with E-state index in [0.717, 1.165) is 37.8 Å². The number of rotatable bonds is 8. The second-order valence-corrected chi connectivity index (χ2v) is 5.85. The number of unbranched alkanes of at least 4 members (excludes halogenated alkanes) is 1. The summed E-state index contributed by atoms with van der Waals surface area (Å²) in [5, 5.41) is 9.37. The number of halogens is 1. The zero-order chi connectivity index (χ0) is 17.6. The van der Waals surface area contributed by atoms with Crippen LogP contribution in [0.2, 0.25) is 0 Å². The fraction of sp³-hybridized carbons (Fsp3) is 0.500. The zero-order valence-electron chi connectivity index (χ0n) is 14.8. The lowest BCUT2D eigenvalue weighted by molar-refractivity contribution is 0.181. The highest BCUT2D eigenvalue weighted by atomic mass is 19.1. The second-order valence-electron chi connectivity index (χ2n) is 5.85. The molecule has 132 valence electrons. The first-order valence-corrected chi connectivity index (χ1v) is 8.67. The smallest absolute Gasteiger partial charge is 0.129 e. The molecule has 0 amide bonds. The average molecular weight is 332 g/mol. The van der Waals surface area contributed by atoms with Crippen molar-refractivity contribution in [3.05, 3.63) is 47.9 Å². The Labute approximate surface area is 145 Å². The van der Waals surface area contributed by atoms with Gasteiger partial charge in [-0.3, -0.25) is 9.98 Å². The molecule has 4 heteroatoms. The first kappa shape index (κ1) is 20.2. The van der Waals surface area contributed by atoms with Crippen LogP contribution in [0.15, 0.2) is 57.8 Å². The maximum absolute atomic E-state index is 13.2. The van der Waals surface area contributed by atoms with E-state index in [2.05, 4.69) is 22.1 Å². The van der Waals surface area contributed by atoms with Crippen molar-refractivity contribution < 1.29 is 9.50 Å². The third-order valence-electron chi connectivity index (χ3n) is 3.72. The van der Waals surface area contributed by atoms with Crippen molar-refractivity contribution >= 4 is 11.9 Å². The standard InChI is InChI=1S/C20H29FN2O/c1-3-19(21)13-9-14-20-18(12-7-6-10-17(2)24)11-5-4-8-15-22-16-23-20/h3-4,8-9,11,13,15,17,24H,5-7,10,12,14,16H2,1-2H3/b8-4-,13-9-,18-11?,19-3+,22-15?,23-20?. The Bertz CT molecular complexity index is 540. The Morgan fingerprint density at radius 1 is 1.42 bits per heavy atom. The van der Waals surface area contributed by atoms with Crippen molar-refractivity contribution in [1.82, 2.24) is 0 Å². The van der Waals surface area contributed by atoms with Gasteiger partial charge in [0.25, 0.3) is 0 Å². The second kappa shape index (κ2) is 12.6. The normalized spacial score (nSPS) is 19.1. The van der Waals surface area contributed by atoms with E-state index in [-0.39, 0.29) is 11.9 Å². The number of aliphatic hydroxyl groups excluding tert-OH is 1.